The first-order valence-corrected chi connectivity index (χ1v) is 7.18. The predicted octanol–water partition coefficient (Wildman–Crippen LogP) is 0.00730. The molecule has 11 heteroatoms. The molecule has 1 fully saturated rings. The van der Waals surface area contributed by atoms with E-state index in [1.165, 1.54) is 4.90 Å². The molecule has 20 heavy (non-hydrogen) atoms. The Kier molecular flexibility index (Phi) is 4.77. The number of halogens is 2. The number of hydrogen-bond acceptors (Lipinski definition) is 6. The summed E-state index contributed by atoms with van der Waals surface area (Å²) in [6.45, 7) is 2.04. The van der Waals surface area contributed by atoms with E-state index in [1.807, 2.05) is 4.90 Å². The molecule has 4 N–H and O–H groups in total. The van der Waals surface area contributed by atoms with Crippen molar-refractivity contribution in [3.05, 3.63) is 0 Å². The average Bonchev–Trinajstić information content (AvgIpc) is 2.37. The number of rotatable bonds is 2. The molecule has 0 radical (unpaired) electrons. The van der Waals surface area contributed by atoms with Crippen LogP contribution < -0.4 is 11.5 Å². The quantitative estimate of drug-likeness (QED) is 0.532. The molecule has 2 heterocycles. The number of amidine groups is 2. The summed E-state index contributed by atoms with van der Waals surface area (Å²) in [7, 11) is 0. The lowest BCUT2D eigenvalue weighted by molar-refractivity contribution is -0.0216. The van der Waals surface area contributed by atoms with Gasteiger partial charge in [-0.05, 0) is 35.4 Å². The topological polar surface area (TPSA) is 92.5 Å². The van der Waals surface area contributed by atoms with Gasteiger partial charge in [-0.25, -0.2) is 9.89 Å². The standard InChI is InChI=1S/C9H12Cl2N6OS2/c10-6-14-7(11)17(8(13)20)9(15-6,5(12)19)16-1-3-18-4-2-16/h1-4H2,(H2,12,19)(H2,13,20). The van der Waals surface area contributed by atoms with Crippen LogP contribution in [0.15, 0.2) is 9.98 Å². The summed E-state index contributed by atoms with van der Waals surface area (Å²) in [5.41, 5.74) is 11.6. The van der Waals surface area contributed by atoms with E-state index in [1.54, 1.807) is 0 Å². The number of morpholine rings is 1. The van der Waals surface area contributed by atoms with Crippen molar-refractivity contribution in [2.24, 2.45) is 21.5 Å². The largest absolute Gasteiger partial charge is 0.389 e. The fourth-order valence-electron chi connectivity index (χ4n) is 2.11. The lowest BCUT2D eigenvalue weighted by Gasteiger charge is -2.48. The lowest BCUT2D eigenvalue weighted by atomic mass is 10.2. The van der Waals surface area contributed by atoms with Crippen LogP contribution in [0.5, 0.6) is 0 Å². The number of nitrogens with two attached hydrogens (primary N) is 2. The van der Waals surface area contributed by atoms with Crippen molar-refractivity contribution in [2.45, 2.75) is 5.79 Å². The monoisotopic (exact) mass is 354 g/mol. The second kappa shape index (κ2) is 6.04. The highest BCUT2D eigenvalue weighted by molar-refractivity contribution is 7.80. The molecule has 0 aromatic heterocycles. The van der Waals surface area contributed by atoms with E-state index in [0.29, 0.717) is 26.3 Å². The van der Waals surface area contributed by atoms with Crippen LogP contribution in [0.1, 0.15) is 0 Å². The van der Waals surface area contributed by atoms with Gasteiger partial charge in [-0.15, -0.1) is 0 Å². The summed E-state index contributed by atoms with van der Waals surface area (Å²) < 4.78 is 5.31. The number of hydrogen-bond donors (Lipinski definition) is 2. The SMILES string of the molecule is NC(=S)N1C(Cl)=NC(Cl)=NC1(C(N)=S)N1CCOCC1. The van der Waals surface area contributed by atoms with Crippen molar-refractivity contribution in [2.75, 3.05) is 26.3 Å². The molecule has 2 rings (SSSR count). The third-order valence-corrected chi connectivity index (χ3v) is 3.81. The van der Waals surface area contributed by atoms with Gasteiger partial charge in [0.15, 0.2) is 5.11 Å². The van der Waals surface area contributed by atoms with Crippen LogP contribution in [0, 0.1) is 0 Å². The molecule has 0 amide bonds. The fraction of sp³-hybridized carbons (Fsp3) is 0.556. The third kappa shape index (κ3) is 2.61. The Hall–Kier alpha value is -0.580. The van der Waals surface area contributed by atoms with Gasteiger partial charge in [0.1, 0.15) is 4.99 Å². The van der Waals surface area contributed by atoms with Gasteiger partial charge in [0, 0.05) is 13.1 Å². The first-order valence-electron chi connectivity index (χ1n) is 5.61. The maximum atomic E-state index is 6.09. The summed E-state index contributed by atoms with van der Waals surface area (Å²) in [6, 6.07) is 0. The Morgan fingerprint density at radius 1 is 1.25 bits per heavy atom. The average molecular weight is 355 g/mol. The number of ether oxygens (including phenoxy) is 1. The van der Waals surface area contributed by atoms with Crippen molar-refractivity contribution in [3.8, 4) is 0 Å². The highest BCUT2D eigenvalue weighted by Gasteiger charge is 2.51. The molecule has 2 aliphatic rings. The lowest BCUT2D eigenvalue weighted by Crippen LogP contribution is -2.71. The van der Waals surface area contributed by atoms with Crippen LogP contribution in [0.25, 0.3) is 0 Å². The van der Waals surface area contributed by atoms with Crippen LogP contribution in [0.3, 0.4) is 0 Å². The zero-order valence-corrected chi connectivity index (χ0v) is 13.4. The molecule has 0 spiro atoms. The van der Waals surface area contributed by atoms with Crippen molar-refractivity contribution < 1.29 is 4.74 Å². The van der Waals surface area contributed by atoms with Gasteiger partial charge in [-0.2, -0.15) is 4.99 Å². The summed E-state index contributed by atoms with van der Waals surface area (Å²) in [5, 5.41) is -0.149. The summed E-state index contributed by atoms with van der Waals surface area (Å²) in [4.78, 5) is 11.3. The number of aliphatic imine (C=N–C) groups is 2. The minimum absolute atomic E-state index is 0.0263. The van der Waals surface area contributed by atoms with Gasteiger partial charge >= 0.3 is 0 Å². The second-order valence-electron chi connectivity index (χ2n) is 4.03. The van der Waals surface area contributed by atoms with Crippen molar-refractivity contribution in [1.82, 2.24) is 9.80 Å². The fourth-order valence-corrected chi connectivity index (χ4v) is 3.17. The normalized spacial score (nSPS) is 27.8. The zero-order chi connectivity index (χ0) is 14.9. The van der Waals surface area contributed by atoms with E-state index in [2.05, 4.69) is 9.98 Å². The Morgan fingerprint density at radius 3 is 2.35 bits per heavy atom. The van der Waals surface area contributed by atoms with Gasteiger partial charge in [-0.1, -0.05) is 12.2 Å². The van der Waals surface area contributed by atoms with Gasteiger partial charge < -0.3 is 16.2 Å². The highest BCUT2D eigenvalue weighted by atomic mass is 35.5. The van der Waals surface area contributed by atoms with Gasteiger partial charge in [-0.3, -0.25) is 4.90 Å². The summed E-state index contributed by atoms with van der Waals surface area (Å²) in [5.74, 6) is -1.35. The Labute approximate surface area is 136 Å². The van der Waals surface area contributed by atoms with E-state index in [4.69, 9.17) is 63.8 Å². The molecule has 0 saturated carbocycles. The van der Waals surface area contributed by atoms with Crippen LogP contribution in [-0.4, -0.2) is 62.6 Å². The van der Waals surface area contributed by atoms with E-state index in [0.717, 1.165) is 0 Å². The van der Waals surface area contributed by atoms with Crippen molar-refractivity contribution >= 4 is 68.3 Å². The van der Waals surface area contributed by atoms with Gasteiger partial charge in [0.05, 0.1) is 13.2 Å². The van der Waals surface area contributed by atoms with E-state index in [9.17, 15) is 0 Å². The smallest absolute Gasteiger partial charge is 0.252 e. The first kappa shape index (κ1) is 15.8. The maximum Gasteiger partial charge on any atom is 0.252 e. The molecule has 1 saturated heterocycles. The van der Waals surface area contributed by atoms with Crippen LogP contribution >= 0.6 is 47.6 Å². The maximum absolute atomic E-state index is 6.09. The second-order valence-corrected chi connectivity index (χ2v) is 5.57. The molecule has 0 aromatic rings. The summed E-state index contributed by atoms with van der Waals surface area (Å²) in [6.07, 6.45) is 0. The predicted molar refractivity (Wildman–Crippen MR) is 87.1 cm³/mol. The first-order chi connectivity index (χ1) is 9.39. The number of thiocarbonyl (C=S) groups is 2. The Balaban J connectivity index is 2.55. The molecule has 0 aliphatic carbocycles. The van der Waals surface area contributed by atoms with Crippen molar-refractivity contribution in [3.63, 3.8) is 0 Å². The van der Waals surface area contributed by atoms with Crippen LogP contribution in [0.2, 0.25) is 0 Å². The Morgan fingerprint density at radius 2 is 1.85 bits per heavy atom. The molecule has 1 atom stereocenters. The molecule has 7 nitrogen and oxygen atoms in total. The minimum atomic E-state index is -1.35. The van der Waals surface area contributed by atoms with Gasteiger partial charge in [0.2, 0.25) is 10.6 Å². The van der Waals surface area contributed by atoms with E-state index >= 15 is 0 Å². The summed E-state index contributed by atoms with van der Waals surface area (Å²) >= 11 is 22.2. The Bertz CT molecular complexity index is 507. The van der Waals surface area contributed by atoms with Gasteiger partial charge in [0.25, 0.3) is 5.79 Å². The minimum Gasteiger partial charge on any atom is -0.389 e. The molecular weight excluding hydrogens is 343 g/mol. The molecule has 2 aliphatic heterocycles. The number of nitrogens with zero attached hydrogens (tertiary/aromatic N) is 4. The zero-order valence-electron chi connectivity index (χ0n) is 10.3. The van der Waals surface area contributed by atoms with Crippen LogP contribution in [-0.2, 0) is 4.74 Å². The molecular formula is C9H12Cl2N6OS2. The molecule has 0 aromatic carbocycles. The molecule has 0 bridgehead atoms. The van der Waals surface area contributed by atoms with E-state index in [-0.39, 0.29) is 20.7 Å². The molecule has 110 valence electrons. The van der Waals surface area contributed by atoms with Crippen molar-refractivity contribution in [1.29, 1.82) is 0 Å². The molecule has 1 unspecified atom stereocenters. The van der Waals surface area contributed by atoms with E-state index < -0.39 is 5.79 Å². The van der Waals surface area contributed by atoms with Crippen LogP contribution in [0.4, 0.5) is 0 Å². The highest BCUT2D eigenvalue weighted by Crippen LogP contribution is 2.30. The third-order valence-electron chi connectivity index (χ3n) is 2.93.